The molecule has 86 valence electrons. The van der Waals surface area contributed by atoms with Gasteiger partial charge in [0.05, 0.1) is 4.88 Å². The van der Waals surface area contributed by atoms with E-state index in [1.807, 2.05) is 18.4 Å². The van der Waals surface area contributed by atoms with E-state index < -0.39 is 0 Å². The highest BCUT2D eigenvalue weighted by atomic mass is 79.9. The Labute approximate surface area is 108 Å². The van der Waals surface area contributed by atoms with Crippen molar-refractivity contribution in [3.05, 3.63) is 20.8 Å². The van der Waals surface area contributed by atoms with E-state index >= 15 is 0 Å². The van der Waals surface area contributed by atoms with Gasteiger partial charge in [0.25, 0.3) is 5.91 Å². The number of carbonyl (C=O) groups excluding carboxylic acids is 1. The zero-order chi connectivity index (χ0) is 10.4. The molecule has 0 aromatic carbocycles. The standard InChI is InChI=1S/C9H13BrN2OS.ClH/c1-2-11-3-4-12-9(13)8-5-7(10)6-14-8;/h5-6,11H,2-4H2,1H3,(H,12,13);1H. The highest BCUT2D eigenvalue weighted by Gasteiger charge is 2.06. The topological polar surface area (TPSA) is 41.1 Å². The van der Waals surface area contributed by atoms with Gasteiger partial charge in [0.15, 0.2) is 0 Å². The second-order valence-electron chi connectivity index (χ2n) is 2.74. The monoisotopic (exact) mass is 312 g/mol. The first-order valence-electron chi connectivity index (χ1n) is 4.47. The van der Waals surface area contributed by atoms with Gasteiger partial charge in [-0.3, -0.25) is 4.79 Å². The lowest BCUT2D eigenvalue weighted by molar-refractivity contribution is 0.0958. The number of hydrogen-bond donors (Lipinski definition) is 2. The van der Waals surface area contributed by atoms with Gasteiger partial charge < -0.3 is 10.6 Å². The highest BCUT2D eigenvalue weighted by Crippen LogP contribution is 2.19. The van der Waals surface area contributed by atoms with Crippen molar-refractivity contribution in [2.24, 2.45) is 0 Å². The number of thiophene rings is 1. The molecule has 3 nitrogen and oxygen atoms in total. The second kappa shape index (κ2) is 8.10. The molecule has 1 heterocycles. The van der Waals surface area contributed by atoms with Gasteiger partial charge in [0.2, 0.25) is 0 Å². The summed E-state index contributed by atoms with van der Waals surface area (Å²) >= 11 is 4.75. The molecule has 0 spiro atoms. The summed E-state index contributed by atoms with van der Waals surface area (Å²) in [6, 6.07) is 1.83. The Kier molecular flexibility index (Phi) is 8.04. The van der Waals surface area contributed by atoms with E-state index in [4.69, 9.17) is 0 Å². The van der Waals surface area contributed by atoms with Crippen LogP contribution in [0, 0.1) is 0 Å². The van der Waals surface area contributed by atoms with Gasteiger partial charge in [0, 0.05) is 22.9 Å². The van der Waals surface area contributed by atoms with Crippen LogP contribution in [0.25, 0.3) is 0 Å². The Morgan fingerprint density at radius 2 is 2.27 bits per heavy atom. The molecule has 0 radical (unpaired) electrons. The summed E-state index contributed by atoms with van der Waals surface area (Å²) < 4.78 is 0.958. The number of rotatable bonds is 5. The molecule has 2 N–H and O–H groups in total. The molecule has 0 saturated heterocycles. The molecular weight excluding hydrogens is 300 g/mol. The summed E-state index contributed by atoms with van der Waals surface area (Å²) in [6.45, 7) is 4.45. The fourth-order valence-electron chi connectivity index (χ4n) is 0.960. The first-order valence-corrected chi connectivity index (χ1v) is 6.14. The van der Waals surface area contributed by atoms with Crippen molar-refractivity contribution >= 4 is 45.6 Å². The summed E-state index contributed by atoms with van der Waals surface area (Å²) in [6.07, 6.45) is 0. The zero-order valence-electron chi connectivity index (χ0n) is 8.38. The molecule has 0 saturated carbocycles. The van der Waals surface area contributed by atoms with E-state index in [0.717, 1.165) is 22.4 Å². The smallest absolute Gasteiger partial charge is 0.261 e. The van der Waals surface area contributed by atoms with Crippen molar-refractivity contribution in [3.63, 3.8) is 0 Å². The summed E-state index contributed by atoms with van der Waals surface area (Å²) in [5.74, 6) is -0.00129. The number of nitrogens with one attached hydrogen (secondary N) is 2. The number of likely N-dealkylation sites (N-methyl/N-ethyl adjacent to an activating group) is 1. The Morgan fingerprint density at radius 3 is 2.80 bits per heavy atom. The van der Waals surface area contributed by atoms with Gasteiger partial charge in [-0.25, -0.2) is 0 Å². The predicted octanol–water partition coefficient (Wildman–Crippen LogP) is 2.27. The van der Waals surface area contributed by atoms with Gasteiger partial charge in [-0.15, -0.1) is 23.7 Å². The molecule has 0 bridgehead atoms. The van der Waals surface area contributed by atoms with Crippen LogP contribution in [0.1, 0.15) is 16.6 Å². The molecular formula is C9H14BrClN2OS. The quantitative estimate of drug-likeness (QED) is 0.819. The number of carbonyl (C=O) groups is 1. The molecule has 6 heteroatoms. The molecule has 1 rings (SSSR count). The molecule has 0 aliphatic heterocycles. The number of amides is 1. The fraction of sp³-hybridized carbons (Fsp3) is 0.444. The lowest BCUT2D eigenvalue weighted by atomic mass is 10.4. The van der Waals surface area contributed by atoms with Crippen LogP contribution in [-0.4, -0.2) is 25.5 Å². The van der Waals surface area contributed by atoms with E-state index in [2.05, 4.69) is 26.6 Å². The summed E-state index contributed by atoms with van der Waals surface area (Å²) in [7, 11) is 0. The van der Waals surface area contributed by atoms with Gasteiger partial charge in [-0.2, -0.15) is 0 Å². The maximum Gasteiger partial charge on any atom is 0.261 e. The second-order valence-corrected chi connectivity index (χ2v) is 4.57. The maximum atomic E-state index is 11.5. The lowest BCUT2D eigenvalue weighted by Gasteiger charge is -2.03. The van der Waals surface area contributed by atoms with Crippen LogP contribution in [0.3, 0.4) is 0 Å². The van der Waals surface area contributed by atoms with Crippen molar-refractivity contribution in [2.75, 3.05) is 19.6 Å². The van der Waals surface area contributed by atoms with E-state index in [0.29, 0.717) is 6.54 Å². The number of hydrogen-bond acceptors (Lipinski definition) is 3. The molecule has 0 atom stereocenters. The summed E-state index contributed by atoms with van der Waals surface area (Å²) in [5.41, 5.74) is 0. The Bertz CT molecular complexity index is 306. The van der Waals surface area contributed by atoms with Crippen LogP contribution >= 0.6 is 39.7 Å². The van der Waals surface area contributed by atoms with Gasteiger partial charge in [0.1, 0.15) is 0 Å². The minimum atomic E-state index is -0.00129. The van der Waals surface area contributed by atoms with Crippen LogP contribution < -0.4 is 10.6 Å². The fourth-order valence-corrected chi connectivity index (χ4v) is 2.30. The summed E-state index contributed by atoms with van der Waals surface area (Å²) in [5, 5.41) is 7.88. The molecule has 1 amide bonds. The average Bonchev–Trinajstić information content (AvgIpc) is 2.59. The third-order valence-corrected chi connectivity index (χ3v) is 3.32. The normalized spacial score (nSPS) is 9.47. The Morgan fingerprint density at radius 1 is 1.53 bits per heavy atom. The van der Waals surface area contributed by atoms with Crippen molar-refractivity contribution < 1.29 is 4.79 Å². The van der Waals surface area contributed by atoms with Crippen LogP contribution in [-0.2, 0) is 0 Å². The van der Waals surface area contributed by atoms with E-state index in [1.165, 1.54) is 11.3 Å². The third-order valence-electron chi connectivity index (χ3n) is 1.63. The molecule has 0 aliphatic rings. The SMILES string of the molecule is CCNCCNC(=O)c1cc(Br)cs1.Cl. The van der Waals surface area contributed by atoms with Crippen LogP contribution in [0.5, 0.6) is 0 Å². The van der Waals surface area contributed by atoms with Crippen molar-refractivity contribution in [1.82, 2.24) is 10.6 Å². The average molecular weight is 314 g/mol. The predicted molar refractivity (Wildman–Crippen MR) is 70.1 cm³/mol. The molecule has 15 heavy (non-hydrogen) atoms. The summed E-state index contributed by atoms with van der Waals surface area (Å²) in [4.78, 5) is 12.2. The molecule has 1 aromatic rings. The van der Waals surface area contributed by atoms with E-state index in [-0.39, 0.29) is 18.3 Å². The van der Waals surface area contributed by atoms with Gasteiger partial charge in [-0.1, -0.05) is 6.92 Å². The Balaban J connectivity index is 0.00000196. The van der Waals surface area contributed by atoms with Crippen molar-refractivity contribution in [2.45, 2.75) is 6.92 Å². The maximum absolute atomic E-state index is 11.5. The van der Waals surface area contributed by atoms with Crippen LogP contribution in [0.15, 0.2) is 15.9 Å². The molecule has 1 aromatic heterocycles. The highest BCUT2D eigenvalue weighted by molar-refractivity contribution is 9.10. The minimum absolute atomic E-state index is 0. The lowest BCUT2D eigenvalue weighted by Crippen LogP contribution is -2.31. The first-order chi connectivity index (χ1) is 6.74. The molecule has 0 fully saturated rings. The van der Waals surface area contributed by atoms with Crippen molar-refractivity contribution in [3.8, 4) is 0 Å². The largest absolute Gasteiger partial charge is 0.350 e. The van der Waals surface area contributed by atoms with E-state index in [9.17, 15) is 4.79 Å². The Hall–Kier alpha value is -0.100. The van der Waals surface area contributed by atoms with Gasteiger partial charge in [-0.05, 0) is 28.5 Å². The zero-order valence-corrected chi connectivity index (χ0v) is 11.6. The van der Waals surface area contributed by atoms with Gasteiger partial charge >= 0.3 is 0 Å². The van der Waals surface area contributed by atoms with Crippen LogP contribution in [0.2, 0.25) is 0 Å². The van der Waals surface area contributed by atoms with Crippen LogP contribution in [0.4, 0.5) is 0 Å². The van der Waals surface area contributed by atoms with E-state index in [1.54, 1.807) is 0 Å². The van der Waals surface area contributed by atoms with Crippen molar-refractivity contribution in [1.29, 1.82) is 0 Å². The molecule has 0 unspecified atom stereocenters. The number of halogens is 2. The minimum Gasteiger partial charge on any atom is -0.350 e. The molecule has 0 aliphatic carbocycles. The first kappa shape index (κ1) is 14.9. The third kappa shape index (κ3) is 5.51.